The molecule has 0 amide bonds. The Morgan fingerprint density at radius 2 is 2.18 bits per heavy atom. The van der Waals surface area contributed by atoms with Gasteiger partial charge < -0.3 is 9.84 Å². The third-order valence-corrected chi connectivity index (χ3v) is 1.64. The summed E-state index contributed by atoms with van der Waals surface area (Å²) in [5.74, 6) is 0. The molecule has 0 aromatic rings. The van der Waals surface area contributed by atoms with Crippen LogP contribution in [0.4, 0.5) is 0 Å². The van der Waals surface area contributed by atoms with Crippen LogP contribution in [0, 0.1) is 0 Å². The van der Waals surface area contributed by atoms with Gasteiger partial charge in [-0.3, -0.25) is 4.90 Å². The minimum absolute atomic E-state index is 0.206. The molecule has 0 aliphatic carbocycles. The van der Waals surface area contributed by atoms with Gasteiger partial charge in [-0.15, -0.1) is 0 Å². The van der Waals surface area contributed by atoms with Crippen molar-refractivity contribution in [2.45, 2.75) is 27.0 Å². The van der Waals surface area contributed by atoms with Gasteiger partial charge in [0.2, 0.25) is 0 Å². The van der Waals surface area contributed by atoms with E-state index >= 15 is 0 Å². The van der Waals surface area contributed by atoms with Gasteiger partial charge in [0.25, 0.3) is 0 Å². The zero-order valence-corrected chi connectivity index (χ0v) is 7.71. The van der Waals surface area contributed by atoms with E-state index in [-0.39, 0.29) is 12.8 Å². The van der Waals surface area contributed by atoms with Crippen molar-refractivity contribution >= 4 is 0 Å². The molecule has 1 fully saturated rings. The number of ether oxygens (including phenoxy) is 1. The van der Waals surface area contributed by atoms with Crippen molar-refractivity contribution in [1.29, 1.82) is 0 Å². The van der Waals surface area contributed by atoms with Crippen LogP contribution >= 0.6 is 0 Å². The van der Waals surface area contributed by atoms with E-state index in [0.29, 0.717) is 0 Å². The molecular weight excluding hydrogens is 142 g/mol. The van der Waals surface area contributed by atoms with E-state index in [2.05, 4.69) is 4.90 Å². The second-order valence-electron chi connectivity index (χ2n) is 2.23. The van der Waals surface area contributed by atoms with Crippen LogP contribution in [0.1, 0.15) is 20.8 Å². The first kappa shape index (κ1) is 10.9. The lowest BCUT2D eigenvalue weighted by Crippen LogP contribution is -2.30. The number of aliphatic hydroxyl groups is 1. The second kappa shape index (κ2) is 6.58. The van der Waals surface area contributed by atoms with Crippen molar-refractivity contribution in [3.63, 3.8) is 0 Å². The molecule has 1 N–H and O–H groups in total. The highest BCUT2D eigenvalue weighted by atomic mass is 16.5. The van der Waals surface area contributed by atoms with Gasteiger partial charge in [0.15, 0.2) is 0 Å². The molecule has 0 aromatic carbocycles. The SMILES string of the molecule is CC.CC1OCCN1CCO. The summed E-state index contributed by atoms with van der Waals surface area (Å²) >= 11 is 0. The second-order valence-corrected chi connectivity index (χ2v) is 2.23. The molecule has 1 atom stereocenters. The molecule has 0 bridgehead atoms. The molecule has 0 aromatic heterocycles. The van der Waals surface area contributed by atoms with Gasteiger partial charge in [-0.1, -0.05) is 13.8 Å². The third kappa shape index (κ3) is 3.70. The molecule has 1 unspecified atom stereocenters. The standard InChI is InChI=1S/C6H13NO2.C2H6/c1-6-7(2-4-8)3-5-9-6;1-2/h6,8H,2-5H2,1H3;1-2H3. The first-order chi connectivity index (χ1) is 5.34. The fourth-order valence-corrected chi connectivity index (χ4v) is 1.05. The predicted octanol–water partition coefficient (Wildman–Crippen LogP) is 0.683. The van der Waals surface area contributed by atoms with Crippen LogP contribution < -0.4 is 0 Å². The Balaban J connectivity index is 0.000000461. The minimum Gasteiger partial charge on any atom is -0.395 e. The molecule has 68 valence electrons. The summed E-state index contributed by atoms with van der Waals surface area (Å²) in [6.07, 6.45) is 0.206. The highest BCUT2D eigenvalue weighted by molar-refractivity contribution is 4.64. The number of hydrogen-bond donors (Lipinski definition) is 1. The normalized spacial score (nSPS) is 24.5. The van der Waals surface area contributed by atoms with E-state index in [1.165, 1.54) is 0 Å². The zero-order valence-electron chi connectivity index (χ0n) is 7.71. The monoisotopic (exact) mass is 161 g/mol. The Labute approximate surface area is 69.0 Å². The van der Waals surface area contributed by atoms with Crippen molar-refractivity contribution in [3.8, 4) is 0 Å². The van der Waals surface area contributed by atoms with Crippen LogP contribution in [-0.2, 0) is 4.74 Å². The highest BCUT2D eigenvalue weighted by Crippen LogP contribution is 2.06. The summed E-state index contributed by atoms with van der Waals surface area (Å²) in [7, 11) is 0. The number of hydrogen-bond acceptors (Lipinski definition) is 3. The van der Waals surface area contributed by atoms with Crippen LogP contribution in [-0.4, -0.2) is 42.5 Å². The molecule has 3 nitrogen and oxygen atoms in total. The lowest BCUT2D eigenvalue weighted by molar-refractivity contribution is 0.0416. The fraction of sp³-hybridized carbons (Fsp3) is 1.00. The maximum Gasteiger partial charge on any atom is 0.107 e. The van der Waals surface area contributed by atoms with Crippen molar-refractivity contribution in [3.05, 3.63) is 0 Å². The molecule has 3 heteroatoms. The largest absolute Gasteiger partial charge is 0.395 e. The van der Waals surface area contributed by atoms with Gasteiger partial charge in [0.1, 0.15) is 6.23 Å². The molecule has 1 saturated heterocycles. The Morgan fingerprint density at radius 1 is 1.55 bits per heavy atom. The first-order valence-corrected chi connectivity index (χ1v) is 4.31. The molecule has 1 aliphatic heterocycles. The van der Waals surface area contributed by atoms with E-state index < -0.39 is 0 Å². The topological polar surface area (TPSA) is 32.7 Å². The summed E-state index contributed by atoms with van der Waals surface area (Å²) in [5, 5.41) is 8.55. The maximum absolute atomic E-state index is 8.55. The van der Waals surface area contributed by atoms with E-state index in [1.54, 1.807) is 0 Å². The molecular formula is C8H19NO2. The van der Waals surface area contributed by atoms with E-state index in [9.17, 15) is 0 Å². The van der Waals surface area contributed by atoms with Crippen molar-refractivity contribution in [2.75, 3.05) is 26.3 Å². The van der Waals surface area contributed by atoms with Crippen LogP contribution in [0.2, 0.25) is 0 Å². The lowest BCUT2D eigenvalue weighted by Gasteiger charge is -2.16. The summed E-state index contributed by atoms with van der Waals surface area (Å²) in [6.45, 7) is 8.74. The van der Waals surface area contributed by atoms with E-state index in [0.717, 1.165) is 19.7 Å². The summed E-state index contributed by atoms with van der Waals surface area (Å²) in [6, 6.07) is 0. The van der Waals surface area contributed by atoms with Crippen LogP contribution in [0.5, 0.6) is 0 Å². The Hall–Kier alpha value is -0.120. The van der Waals surface area contributed by atoms with Crippen LogP contribution in [0.25, 0.3) is 0 Å². The molecule has 0 spiro atoms. The van der Waals surface area contributed by atoms with Crippen molar-refractivity contribution in [2.24, 2.45) is 0 Å². The minimum atomic E-state index is 0.206. The molecule has 1 rings (SSSR count). The summed E-state index contributed by atoms with van der Waals surface area (Å²) < 4.78 is 5.23. The predicted molar refractivity (Wildman–Crippen MR) is 45.4 cm³/mol. The van der Waals surface area contributed by atoms with Gasteiger partial charge >= 0.3 is 0 Å². The quantitative estimate of drug-likeness (QED) is 0.646. The zero-order chi connectivity index (χ0) is 8.69. The average molecular weight is 161 g/mol. The molecule has 1 heterocycles. The van der Waals surface area contributed by atoms with E-state index in [1.807, 2.05) is 20.8 Å². The average Bonchev–Trinajstić information content (AvgIpc) is 2.42. The van der Waals surface area contributed by atoms with Crippen LogP contribution in [0.3, 0.4) is 0 Å². The van der Waals surface area contributed by atoms with Crippen molar-refractivity contribution in [1.82, 2.24) is 4.90 Å². The number of rotatable bonds is 2. The molecule has 11 heavy (non-hydrogen) atoms. The van der Waals surface area contributed by atoms with Crippen molar-refractivity contribution < 1.29 is 9.84 Å². The fourth-order valence-electron chi connectivity index (χ4n) is 1.05. The first-order valence-electron chi connectivity index (χ1n) is 4.31. The maximum atomic E-state index is 8.55. The number of β-amino-alcohol motifs (C(OH)–C–C–N with tert-alkyl or cyclic N) is 1. The summed E-state index contributed by atoms with van der Waals surface area (Å²) in [4.78, 5) is 2.11. The summed E-state index contributed by atoms with van der Waals surface area (Å²) in [5.41, 5.74) is 0. The van der Waals surface area contributed by atoms with Gasteiger partial charge in [-0.05, 0) is 6.92 Å². The highest BCUT2D eigenvalue weighted by Gasteiger charge is 2.18. The Bertz CT molecular complexity index is 88.2. The molecule has 1 aliphatic rings. The number of aliphatic hydroxyl groups excluding tert-OH is 1. The van der Waals surface area contributed by atoms with Gasteiger partial charge in [0.05, 0.1) is 13.2 Å². The molecule has 0 radical (unpaired) electrons. The number of nitrogens with zero attached hydrogens (tertiary/aromatic N) is 1. The Morgan fingerprint density at radius 3 is 2.55 bits per heavy atom. The smallest absolute Gasteiger partial charge is 0.107 e. The van der Waals surface area contributed by atoms with Gasteiger partial charge in [-0.2, -0.15) is 0 Å². The Kier molecular flexibility index (Phi) is 6.51. The third-order valence-electron chi connectivity index (χ3n) is 1.64. The lowest BCUT2D eigenvalue weighted by atomic mass is 10.5. The molecule has 0 saturated carbocycles. The van der Waals surface area contributed by atoms with Crippen LogP contribution in [0.15, 0.2) is 0 Å². The van der Waals surface area contributed by atoms with Gasteiger partial charge in [0, 0.05) is 13.1 Å². The van der Waals surface area contributed by atoms with E-state index in [4.69, 9.17) is 9.84 Å². The van der Waals surface area contributed by atoms with Gasteiger partial charge in [-0.25, -0.2) is 0 Å².